The number of halogens is 4. The Kier molecular flexibility index (Phi) is 2.74. The van der Waals surface area contributed by atoms with E-state index >= 15 is 0 Å². The first-order valence-electron chi connectivity index (χ1n) is 3.63. The van der Waals surface area contributed by atoms with Crippen molar-refractivity contribution in [3.05, 3.63) is 54.1 Å². The Hall–Kier alpha value is -1.58. The number of allylic oxidation sites excluding steroid dienone is 2. The second kappa shape index (κ2) is 3.65. The van der Waals surface area contributed by atoms with Crippen molar-refractivity contribution in [3.63, 3.8) is 0 Å². The van der Waals surface area contributed by atoms with E-state index < -0.39 is 28.8 Å². The molecule has 74 valence electrons. The lowest BCUT2D eigenvalue weighted by atomic mass is 10.1. The van der Waals surface area contributed by atoms with Gasteiger partial charge >= 0.3 is 0 Å². The molecule has 0 saturated heterocycles. The average Bonchev–Trinajstić information content (AvgIpc) is 2.15. The first-order valence-corrected chi connectivity index (χ1v) is 3.63. The minimum Gasteiger partial charge on any atom is -0.204 e. The van der Waals surface area contributed by atoms with Crippen molar-refractivity contribution in [2.45, 2.75) is 0 Å². The molecule has 0 amide bonds. The summed E-state index contributed by atoms with van der Waals surface area (Å²) in [6, 6.07) is 0.143. The lowest BCUT2D eigenvalue weighted by molar-refractivity contribution is 0.450. The Labute approximate surface area is 78.2 Å². The maximum atomic E-state index is 13.0. The largest absolute Gasteiger partial charge is 0.204 e. The Morgan fingerprint density at radius 1 is 1.07 bits per heavy atom. The summed E-state index contributed by atoms with van der Waals surface area (Å²) in [6.45, 7) is 6.42. The van der Waals surface area contributed by atoms with E-state index in [0.29, 0.717) is 0 Å². The van der Waals surface area contributed by atoms with Gasteiger partial charge in [0, 0.05) is 6.07 Å². The van der Waals surface area contributed by atoms with Crippen LogP contribution in [-0.2, 0) is 0 Å². The molecule has 1 rings (SSSR count). The summed E-state index contributed by atoms with van der Waals surface area (Å²) in [7, 11) is 0. The van der Waals surface area contributed by atoms with Crippen LogP contribution in [0.2, 0.25) is 0 Å². The third kappa shape index (κ3) is 1.55. The van der Waals surface area contributed by atoms with E-state index in [-0.39, 0.29) is 11.6 Å². The Bertz CT molecular complexity index is 381. The summed E-state index contributed by atoms with van der Waals surface area (Å²) in [4.78, 5) is 0. The molecular formula is C10H6F4. The molecule has 0 spiro atoms. The van der Waals surface area contributed by atoms with Crippen LogP contribution < -0.4 is 0 Å². The first kappa shape index (κ1) is 10.5. The van der Waals surface area contributed by atoms with Crippen molar-refractivity contribution < 1.29 is 17.6 Å². The predicted octanol–water partition coefficient (Wildman–Crippen LogP) is 3.44. The van der Waals surface area contributed by atoms with Crippen LogP contribution in [0.5, 0.6) is 0 Å². The van der Waals surface area contributed by atoms with Gasteiger partial charge in [-0.25, -0.2) is 17.6 Å². The SMILES string of the molecule is C=CC(=C)c1c(F)c(F)cc(F)c1F. The maximum Gasteiger partial charge on any atom is 0.169 e. The number of rotatable bonds is 2. The van der Waals surface area contributed by atoms with Crippen molar-refractivity contribution in [2.75, 3.05) is 0 Å². The molecule has 14 heavy (non-hydrogen) atoms. The lowest BCUT2D eigenvalue weighted by Gasteiger charge is -2.05. The molecule has 0 atom stereocenters. The smallest absolute Gasteiger partial charge is 0.169 e. The van der Waals surface area contributed by atoms with E-state index in [1.165, 1.54) is 0 Å². The fourth-order valence-corrected chi connectivity index (χ4v) is 0.957. The third-order valence-corrected chi connectivity index (χ3v) is 1.68. The van der Waals surface area contributed by atoms with Gasteiger partial charge in [0.05, 0.1) is 5.56 Å². The van der Waals surface area contributed by atoms with Crippen molar-refractivity contribution in [1.82, 2.24) is 0 Å². The Morgan fingerprint density at radius 3 is 1.86 bits per heavy atom. The van der Waals surface area contributed by atoms with Crippen LogP contribution in [0.1, 0.15) is 5.56 Å². The van der Waals surface area contributed by atoms with Gasteiger partial charge in [0.15, 0.2) is 23.3 Å². The van der Waals surface area contributed by atoms with Gasteiger partial charge < -0.3 is 0 Å². The predicted molar refractivity (Wildman–Crippen MR) is 45.5 cm³/mol. The number of hydrogen-bond acceptors (Lipinski definition) is 0. The molecule has 1 aromatic carbocycles. The highest BCUT2D eigenvalue weighted by Gasteiger charge is 2.19. The van der Waals surface area contributed by atoms with Crippen molar-refractivity contribution in [2.24, 2.45) is 0 Å². The minimum absolute atomic E-state index is 0.143. The molecule has 0 fully saturated rings. The molecule has 1 aromatic rings. The first-order chi connectivity index (χ1) is 6.49. The summed E-state index contributed by atoms with van der Waals surface area (Å²) in [6.07, 6.45) is 1.01. The van der Waals surface area contributed by atoms with Gasteiger partial charge in [0.1, 0.15) is 0 Å². The monoisotopic (exact) mass is 202 g/mol. The highest BCUT2D eigenvalue weighted by atomic mass is 19.2. The van der Waals surface area contributed by atoms with E-state index in [0.717, 1.165) is 6.08 Å². The molecule has 0 unspecified atom stereocenters. The highest BCUT2D eigenvalue weighted by Crippen LogP contribution is 2.25. The van der Waals surface area contributed by atoms with Gasteiger partial charge in [-0.3, -0.25) is 0 Å². The van der Waals surface area contributed by atoms with Crippen molar-refractivity contribution in [3.8, 4) is 0 Å². The molecule has 0 aliphatic rings. The summed E-state index contributed by atoms with van der Waals surface area (Å²) in [5.41, 5.74) is -1.03. The molecule has 0 aliphatic heterocycles. The fraction of sp³-hybridized carbons (Fsp3) is 0. The topological polar surface area (TPSA) is 0 Å². The van der Waals surface area contributed by atoms with E-state index in [4.69, 9.17) is 0 Å². The molecular weight excluding hydrogens is 196 g/mol. The van der Waals surface area contributed by atoms with E-state index in [2.05, 4.69) is 13.2 Å². The molecule has 4 heteroatoms. The molecule has 0 saturated carbocycles. The molecule has 0 aliphatic carbocycles. The number of benzene rings is 1. The van der Waals surface area contributed by atoms with Crippen LogP contribution in [0.25, 0.3) is 5.57 Å². The van der Waals surface area contributed by atoms with Crippen LogP contribution >= 0.6 is 0 Å². The summed E-state index contributed by atoms with van der Waals surface area (Å²) < 4.78 is 51.3. The molecule has 0 heterocycles. The molecule has 0 radical (unpaired) electrons. The van der Waals surface area contributed by atoms with Gasteiger partial charge in [0.25, 0.3) is 0 Å². The maximum absolute atomic E-state index is 13.0. The Morgan fingerprint density at radius 2 is 1.50 bits per heavy atom. The molecule has 0 nitrogen and oxygen atoms in total. The van der Waals surface area contributed by atoms with Crippen LogP contribution in [0.15, 0.2) is 25.3 Å². The fourth-order valence-electron chi connectivity index (χ4n) is 0.957. The second-order valence-corrected chi connectivity index (χ2v) is 2.57. The highest BCUT2D eigenvalue weighted by molar-refractivity contribution is 5.72. The van der Waals surface area contributed by atoms with Crippen LogP contribution in [0, 0.1) is 23.3 Å². The van der Waals surface area contributed by atoms with Crippen LogP contribution in [0.4, 0.5) is 17.6 Å². The molecule has 0 N–H and O–H groups in total. The minimum atomic E-state index is -1.46. The van der Waals surface area contributed by atoms with E-state index in [1.807, 2.05) is 0 Å². The van der Waals surface area contributed by atoms with Crippen LogP contribution in [-0.4, -0.2) is 0 Å². The Balaban J connectivity index is 3.54. The standard InChI is InChI=1S/C10H6F4/c1-3-5(2)8-9(13)6(11)4-7(12)10(8)14/h3-4H,1-2H2. The van der Waals surface area contributed by atoms with Gasteiger partial charge in [-0.1, -0.05) is 19.2 Å². The van der Waals surface area contributed by atoms with Gasteiger partial charge in [-0.15, -0.1) is 0 Å². The van der Waals surface area contributed by atoms with Crippen LogP contribution in [0.3, 0.4) is 0 Å². The lowest BCUT2D eigenvalue weighted by Crippen LogP contribution is -2.00. The molecule has 0 bridgehead atoms. The normalized spacial score (nSPS) is 10.0. The van der Waals surface area contributed by atoms with E-state index in [1.54, 1.807) is 0 Å². The molecule has 0 aromatic heterocycles. The summed E-state index contributed by atoms with van der Waals surface area (Å²) >= 11 is 0. The zero-order valence-electron chi connectivity index (χ0n) is 7.08. The van der Waals surface area contributed by atoms with Crippen molar-refractivity contribution in [1.29, 1.82) is 0 Å². The van der Waals surface area contributed by atoms with E-state index in [9.17, 15) is 17.6 Å². The second-order valence-electron chi connectivity index (χ2n) is 2.57. The number of hydrogen-bond donors (Lipinski definition) is 0. The van der Waals surface area contributed by atoms with Gasteiger partial charge in [0.2, 0.25) is 0 Å². The third-order valence-electron chi connectivity index (χ3n) is 1.68. The zero-order chi connectivity index (χ0) is 10.9. The quantitative estimate of drug-likeness (QED) is 0.391. The van der Waals surface area contributed by atoms with Gasteiger partial charge in [-0.05, 0) is 5.57 Å². The van der Waals surface area contributed by atoms with Crippen molar-refractivity contribution >= 4 is 5.57 Å². The average molecular weight is 202 g/mol. The zero-order valence-corrected chi connectivity index (χ0v) is 7.08. The summed E-state index contributed by atoms with van der Waals surface area (Å²) in [5.74, 6) is -5.84. The van der Waals surface area contributed by atoms with Gasteiger partial charge in [-0.2, -0.15) is 0 Å². The summed E-state index contributed by atoms with van der Waals surface area (Å²) in [5, 5.41) is 0.